The van der Waals surface area contributed by atoms with Crippen LogP contribution in [0.1, 0.15) is 284 Å². The van der Waals surface area contributed by atoms with Gasteiger partial charge in [0.25, 0.3) is 0 Å². The zero-order valence-corrected chi connectivity index (χ0v) is 52.5. The summed E-state index contributed by atoms with van der Waals surface area (Å²) >= 11 is 0. The maximum Gasteiger partial charge on any atom is 0.472 e. The topological polar surface area (TPSA) is 111 Å². The summed E-state index contributed by atoms with van der Waals surface area (Å²) in [6.45, 7) is 6.86. The summed E-state index contributed by atoms with van der Waals surface area (Å²) in [6.07, 6.45) is 75.9. The Labute approximate surface area is 482 Å². The largest absolute Gasteiger partial charge is 0.472 e. The van der Waals surface area contributed by atoms with Gasteiger partial charge in [-0.25, -0.2) is 4.57 Å². The number of amides is 1. The maximum absolute atomic E-state index is 13.5. The molecule has 0 rings (SSSR count). The number of esters is 1. The molecule has 0 spiro atoms. The van der Waals surface area contributed by atoms with Crippen molar-refractivity contribution in [3.8, 4) is 0 Å². The van der Waals surface area contributed by atoms with Gasteiger partial charge in [-0.3, -0.25) is 18.6 Å². The number of carbonyl (C=O) groups excluding carboxylic acids is 2. The minimum atomic E-state index is -4.46. The third kappa shape index (κ3) is 57.9. The molecule has 0 fully saturated rings. The highest BCUT2D eigenvalue weighted by Crippen LogP contribution is 2.43. The fraction of sp³-hybridized carbons (Fsp3) is 0.765. The Balaban J connectivity index is 5.23. The van der Waals surface area contributed by atoms with Crippen molar-refractivity contribution in [2.45, 2.75) is 296 Å². The summed E-state index contributed by atoms with van der Waals surface area (Å²) in [7, 11) is 1.47. The lowest BCUT2D eigenvalue weighted by Crippen LogP contribution is -2.47. The molecule has 0 aliphatic rings. The minimum absolute atomic E-state index is 0.0310. The first-order chi connectivity index (χ1) is 37.9. The van der Waals surface area contributed by atoms with Crippen LogP contribution in [0.4, 0.5) is 0 Å². The van der Waals surface area contributed by atoms with Gasteiger partial charge in [0, 0.05) is 12.8 Å². The Morgan fingerprint density at radius 1 is 0.462 bits per heavy atom. The van der Waals surface area contributed by atoms with E-state index in [9.17, 15) is 19.0 Å². The average Bonchev–Trinajstić information content (AvgIpc) is 3.40. The first-order valence-corrected chi connectivity index (χ1v) is 33.9. The molecule has 0 aliphatic carbocycles. The number of carbonyl (C=O) groups is 2. The van der Waals surface area contributed by atoms with E-state index in [4.69, 9.17) is 13.8 Å². The molecule has 78 heavy (non-hydrogen) atoms. The number of nitrogens with one attached hydrogen (secondary N) is 1. The normalized spacial score (nSPS) is 14.2. The second-order valence-corrected chi connectivity index (χ2v) is 24.4. The quantitative estimate of drug-likeness (QED) is 0.0205. The van der Waals surface area contributed by atoms with Crippen LogP contribution in [0.25, 0.3) is 0 Å². The molecule has 0 aromatic rings. The highest BCUT2D eigenvalue weighted by atomic mass is 31.2. The third-order valence-electron chi connectivity index (χ3n) is 14.1. The van der Waals surface area contributed by atoms with Crippen molar-refractivity contribution >= 4 is 19.7 Å². The van der Waals surface area contributed by atoms with Crippen molar-refractivity contribution in [3.05, 3.63) is 85.1 Å². The van der Waals surface area contributed by atoms with E-state index in [0.717, 1.165) is 89.9 Å². The smallest absolute Gasteiger partial charge is 0.456 e. The van der Waals surface area contributed by atoms with Crippen LogP contribution < -0.4 is 5.32 Å². The van der Waals surface area contributed by atoms with Crippen molar-refractivity contribution in [1.29, 1.82) is 0 Å². The summed E-state index contributed by atoms with van der Waals surface area (Å²) in [5.41, 5.74) is 0. The standard InChI is InChI=1S/C68H123N2O7P/c1-7-10-13-16-19-22-25-28-30-32-33-34-35-36-37-38-40-43-46-49-52-55-58-61-68(72)77-66(59-56-53-50-47-44-41-27-24-21-18-15-12-9-3)65(64-76-78(73,74)75-63-62-70(4,5)6)69-67(71)60-57-54-51-48-45-42-39-31-29-26-23-20-17-14-11-8-2/h11,14,19-20,22-23,28-31,42,45,56,59,65-66H,7-10,12-13,15-18,21,24-27,32-41,43-44,46-55,57-58,60-64H2,1-6H3,(H-,69,71,73,74)/p+1/b14-11+,22-19-,23-20+,30-28-,31-29+,45-42+,59-56-. The number of unbranched alkanes of at least 4 members (excludes halogenated alkanes) is 30. The Morgan fingerprint density at radius 2 is 0.821 bits per heavy atom. The minimum Gasteiger partial charge on any atom is -0.456 e. The van der Waals surface area contributed by atoms with Crippen LogP contribution in [0, 0.1) is 0 Å². The van der Waals surface area contributed by atoms with Crippen molar-refractivity contribution in [2.75, 3.05) is 40.9 Å². The van der Waals surface area contributed by atoms with Crippen LogP contribution in [-0.2, 0) is 27.9 Å². The number of allylic oxidation sites excluding steroid dienone is 13. The zero-order valence-electron chi connectivity index (χ0n) is 51.6. The molecule has 10 heteroatoms. The van der Waals surface area contributed by atoms with E-state index >= 15 is 0 Å². The van der Waals surface area contributed by atoms with Crippen molar-refractivity contribution in [3.63, 3.8) is 0 Å². The van der Waals surface area contributed by atoms with Gasteiger partial charge in [0.2, 0.25) is 5.91 Å². The van der Waals surface area contributed by atoms with Crippen molar-refractivity contribution in [2.24, 2.45) is 0 Å². The van der Waals surface area contributed by atoms with Gasteiger partial charge in [0.1, 0.15) is 19.3 Å². The highest BCUT2D eigenvalue weighted by molar-refractivity contribution is 7.47. The van der Waals surface area contributed by atoms with E-state index < -0.39 is 20.0 Å². The number of phosphoric ester groups is 1. The van der Waals surface area contributed by atoms with Gasteiger partial charge in [-0.1, -0.05) is 254 Å². The molecule has 2 N–H and O–H groups in total. The van der Waals surface area contributed by atoms with Crippen LogP contribution in [0.3, 0.4) is 0 Å². The lowest BCUT2D eigenvalue weighted by atomic mass is 10.0. The summed E-state index contributed by atoms with van der Waals surface area (Å²) in [6, 6.07) is -0.869. The number of rotatable bonds is 58. The Kier molecular flexibility index (Phi) is 55.4. The number of quaternary nitrogens is 1. The molecule has 0 aromatic carbocycles. The van der Waals surface area contributed by atoms with Gasteiger partial charge in [-0.15, -0.1) is 0 Å². The van der Waals surface area contributed by atoms with E-state index in [0.29, 0.717) is 23.9 Å². The summed E-state index contributed by atoms with van der Waals surface area (Å²) in [5.74, 6) is -0.539. The number of ether oxygens (including phenoxy) is 1. The number of likely N-dealkylation sites (N-methyl/N-ethyl adjacent to an activating group) is 1. The van der Waals surface area contributed by atoms with E-state index in [2.05, 4.69) is 99.0 Å². The van der Waals surface area contributed by atoms with Crippen molar-refractivity contribution in [1.82, 2.24) is 5.32 Å². The Hall–Kier alpha value is -2.81. The Morgan fingerprint density at radius 3 is 1.27 bits per heavy atom. The van der Waals surface area contributed by atoms with E-state index in [1.165, 1.54) is 154 Å². The fourth-order valence-corrected chi connectivity index (χ4v) is 9.82. The third-order valence-corrected chi connectivity index (χ3v) is 15.1. The second kappa shape index (κ2) is 57.4. The maximum atomic E-state index is 13.5. The molecule has 0 radical (unpaired) electrons. The van der Waals surface area contributed by atoms with Gasteiger partial charge < -0.3 is 19.4 Å². The molecular weight excluding hydrogens is 988 g/mol. The molecular formula is C68H124N2O7P+. The van der Waals surface area contributed by atoms with E-state index in [-0.39, 0.29) is 31.5 Å². The summed E-state index contributed by atoms with van der Waals surface area (Å²) < 4.78 is 30.7. The lowest BCUT2D eigenvalue weighted by molar-refractivity contribution is -0.870. The summed E-state index contributed by atoms with van der Waals surface area (Å²) in [4.78, 5) is 37.8. The molecule has 0 saturated heterocycles. The lowest BCUT2D eigenvalue weighted by Gasteiger charge is -2.27. The molecule has 452 valence electrons. The number of hydrogen-bond donors (Lipinski definition) is 2. The van der Waals surface area contributed by atoms with E-state index in [1.807, 2.05) is 33.3 Å². The molecule has 0 saturated carbocycles. The summed E-state index contributed by atoms with van der Waals surface area (Å²) in [5, 5.41) is 3.04. The Bertz CT molecular complexity index is 1610. The first-order valence-electron chi connectivity index (χ1n) is 32.4. The molecule has 0 heterocycles. The highest BCUT2D eigenvalue weighted by Gasteiger charge is 2.30. The molecule has 0 aromatic heterocycles. The molecule has 0 aliphatic heterocycles. The first kappa shape index (κ1) is 75.2. The number of hydrogen-bond acceptors (Lipinski definition) is 6. The van der Waals surface area contributed by atoms with Crippen molar-refractivity contribution < 1.29 is 37.3 Å². The van der Waals surface area contributed by atoms with Crippen LogP contribution >= 0.6 is 7.82 Å². The van der Waals surface area contributed by atoms with Crippen LogP contribution in [0.15, 0.2) is 85.1 Å². The van der Waals surface area contributed by atoms with Crippen LogP contribution in [0.2, 0.25) is 0 Å². The molecule has 9 nitrogen and oxygen atoms in total. The van der Waals surface area contributed by atoms with E-state index in [1.54, 1.807) is 0 Å². The van der Waals surface area contributed by atoms with Gasteiger partial charge >= 0.3 is 13.8 Å². The SMILES string of the molecule is CC/C=C/C/C=C/C/C=C/C/C=C/CCCCCC(=O)NC(COP(=O)(O)OCC[N+](C)(C)C)C(/C=C\CCCCCCCCCCCCC)OC(=O)CCCCCCCCCCCCCCC/C=C\C/C=C\CCCCC. The predicted octanol–water partition coefficient (Wildman–Crippen LogP) is 20.2. The zero-order chi connectivity index (χ0) is 57.2. The molecule has 3 atom stereocenters. The van der Waals surface area contributed by atoms with Gasteiger partial charge in [-0.05, 0) is 102 Å². The monoisotopic (exact) mass is 1110 g/mol. The van der Waals surface area contributed by atoms with Gasteiger partial charge in [-0.2, -0.15) is 0 Å². The molecule has 3 unspecified atom stereocenters. The molecule has 0 bridgehead atoms. The average molecular weight is 1110 g/mol. The van der Waals surface area contributed by atoms with Crippen LogP contribution in [-0.4, -0.2) is 74.3 Å². The molecule has 1 amide bonds. The fourth-order valence-electron chi connectivity index (χ4n) is 9.08. The number of phosphoric acid groups is 1. The van der Waals surface area contributed by atoms with Gasteiger partial charge in [0.15, 0.2) is 0 Å². The predicted molar refractivity (Wildman–Crippen MR) is 337 cm³/mol. The van der Waals surface area contributed by atoms with Gasteiger partial charge in [0.05, 0.1) is 33.8 Å². The second-order valence-electron chi connectivity index (χ2n) is 22.9. The number of nitrogens with zero attached hydrogens (tertiary/aromatic N) is 1. The van der Waals surface area contributed by atoms with Crippen LogP contribution in [0.5, 0.6) is 0 Å².